The van der Waals surface area contributed by atoms with Crippen LogP contribution in [0.2, 0.25) is 15.1 Å². The number of carbonyl (C=O) groups is 1. The molecule has 0 saturated heterocycles. The van der Waals surface area contributed by atoms with Gasteiger partial charge in [0.1, 0.15) is 11.6 Å². The average Bonchev–Trinajstić information content (AvgIpc) is 3.48. The maximum Gasteiger partial charge on any atom is 0.236 e. The molecule has 4 rings (SSSR count). The highest BCUT2D eigenvalue weighted by Gasteiger charge is 2.15. The fraction of sp³-hybridized carbons (Fsp3) is 0.280. The average molecular weight is 597 g/mol. The van der Waals surface area contributed by atoms with Crippen LogP contribution in [-0.4, -0.2) is 38.0 Å². The van der Waals surface area contributed by atoms with E-state index in [1.807, 2.05) is 42.0 Å². The minimum absolute atomic E-state index is 0.174. The number of aromatic nitrogens is 4. The summed E-state index contributed by atoms with van der Waals surface area (Å²) in [7, 11) is 0. The van der Waals surface area contributed by atoms with Crippen LogP contribution in [0.1, 0.15) is 24.7 Å². The number of thiazole rings is 1. The zero-order chi connectivity index (χ0) is 26.4. The molecule has 1 amide bonds. The molecule has 0 aliphatic heterocycles. The smallest absolute Gasteiger partial charge is 0.236 e. The number of amides is 1. The molecule has 0 fully saturated rings. The maximum atomic E-state index is 12.6. The first-order valence-electron chi connectivity index (χ1n) is 11.5. The van der Waals surface area contributed by atoms with E-state index in [1.165, 1.54) is 23.1 Å². The van der Waals surface area contributed by atoms with Gasteiger partial charge in [-0.3, -0.25) is 4.79 Å². The van der Waals surface area contributed by atoms with Crippen molar-refractivity contribution in [3.8, 4) is 17.0 Å². The molecule has 0 aliphatic rings. The topological polar surface area (TPSA) is 81.9 Å². The Morgan fingerprint density at radius 2 is 1.92 bits per heavy atom. The van der Waals surface area contributed by atoms with Crippen LogP contribution in [0, 0.1) is 6.92 Å². The number of halogens is 3. The van der Waals surface area contributed by atoms with Crippen LogP contribution in [0.15, 0.2) is 46.9 Å². The summed E-state index contributed by atoms with van der Waals surface area (Å²) in [6, 6.07) is 10.8. The van der Waals surface area contributed by atoms with Gasteiger partial charge in [0.2, 0.25) is 5.91 Å². The van der Waals surface area contributed by atoms with Crippen LogP contribution < -0.4 is 10.1 Å². The second-order valence-electron chi connectivity index (χ2n) is 8.00. The first-order valence-corrected chi connectivity index (χ1v) is 14.5. The molecule has 7 nitrogen and oxygen atoms in total. The van der Waals surface area contributed by atoms with Gasteiger partial charge in [-0.1, -0.05) is 46.6 Å². The van der Waals surface area contributed by atoms with Crippen LogP contribution in [0.25, 0.3) is 11.3 Å². The number of nitrogens with one attached hydrogen (secondary N) is 1. The lowest BCUT2D eigenvalue weighted by atomic mass is 10.2. The van der Waals surface area contributed by atoms with Crippen LogP contribution in [0.3, 0.4) is 0 Å². The Balaban J connectivity index is 1.27. The van der Waals surface area contributed by atoms with E-state index in [2.05, 4.69) is 20.5 Å². The van der Waals surface area contributed by atoms with E-state index in [0.717, 1.165) is 35.5 Å². The molecule has 2 aromatic heterocycles. The normalized spacial score (nSPS) is 11.1. The highest BCUT2D eigenvalue weighted by molar-refractivity contribution is 7.99. The molecule has 0 aliphatic carbocycles. The predicted molar refractivity (Wildman–Crippen MR) is 153 cm³/mol. The van der Waals surface area contributed by atoms with Gasteiger partial charge in [-0.05, 0) is 62.2 Å². The first-order chi connectivity index (χ1) is 17.8. The predicted octanol–water partition coefficient (Wildman–Crippen LogP) is 7.43. The highest BCUT2D eigenvalue weighted by Crippen LogP contribution is 2.32. The Kier molecular flexibility index (Phi) is 9.72. The van der Waals surface area contributed by atoms with Gasteiger partial charge >= 0.3 is 0 Å². The summed E-state index contributed by atoms with van der Waals surface area (Å²) in [5, 5.41) is 16.3. The molecular weight excluding hydrogens is 573 g/mol. The van der Waals surface area contributed by atoms with Crippen molar-refractivity contribution in [2.75, 3.05) is 17.7 Å². The Bertz CT molecular complexity index is 1390. The molecule has 0 radical (unpaired) electrons. The first kappa shape index (κ1) is 27.7. The van der Waals surface area contributed by atoms with Gasteiger partial charge in [0.05, 0.1) is 23.1 Å². The number of rotatable bonds is 11. The zero-order valence-electron chi connectivity index (χ0n) is 20.1. The number of ether oxygens (including phenoxy) is 1. The Labute approximate surface area is 238 Å². The third kappa shape index (κ3) is 7.39. The van der Waals surface area contributed by atoms with Crippen LogP contribution >= 0.6 is 57.9 Å². The fourth-order valence-corrected chi connectivity index (χ4v) is 5.83. The van der Waals surface area contributed by atoms with Crippen molar-refractivity contribution in [2.45, 2.75) is 38.4 Å². The molecular formula is C25H24Cl3N5O2S2. The number of hydrogen-bond acceptors (Lipinski definition) is 7. The zero-order valence-corrected chi connectivity index (χ0v) is 24.0. The van der Waals surface area contributed by atoms with Crippen LogP contribution in [-0.2, 0) is 17.8 Å². The Morgan fingerprint density at radius 3 is 2.68 bits per heavy atom. The van der Waals surface area contributed by atoms with Crippen molar-refractivity contribution in [1.82, 2.24) is 19.7 Å². The molecule has 2 aromatic carbocycles. The van der Waals surface area contributed by atoms with Gasteiger partial charge < -0.3 is 14.6 Å². The van der Waals surface area contributed by atoms with E-state index in [-0.39, 0.29) is 11.7 Å². The molecule has 1 N–H and O–H groups in total. The summed E-state index contributed by atoms with van der Waals surface area (Å²) in [4.78, 5) is 17.0. The second-order valence-corrected chi connectivity index (χ2v) is 11.1. The maximum absolute atomic E-state index is 12.6. The molecule has 2 heterocycles. The Hall–Kier alpha value is -2.30. The van der Waals surface area contributed by atoms with Crippen LogP contribution in [0.5, 0.6) is 5.75 Å². The van der Waals surface area contributed by atoms with Crippen molar-refractivity contribution in [3.05, 3.63) is 68.2 Å². The third-order valence-corrected chi connectivity index (χ3v) is 7.85. The van der Waals surface area contributed by atoms with Gasteiger partial charge in [0, 0.05) is 34.0 Å². The van der Waals surface area contributed by atoms with Crippen molar-refractivity contribution in [1.29, 1.82) is 0 Å². The lowest BCUT2D eigenvalue weighted by molar-refractivity contribution is -0.113. The van der Waals surface area contributed by atoms with Crippen molar-refractivity contribution < 1.29 is 9.53 Å². The fourth-order valence-electron chi connectivity index (χ4n) is 3.55. The van der Waals surface area contributed by atoms with Crippen molar-refractivity contribution in [2.24, 2.45) is 0 Å². The molecule has 194 valence electrons. The van der Waals surface area contributed by atoms with E-state index in [0.29, 0.717) is 44.2 Å². The molecule has 0 spiro atoms. The third-order valence-electron chi connectivity index (χ3n) is 5.34. The van der Waals surface area contributed by atoms with Crippen molar-refractivity contribution >= 4 is 68.9 Å². The SMILES string of the molecule is CCn1c(CCCOc2ccc(Cl)cc2C)nnc1SCC(=O)Nc1nc(-c2ccc(Cl)cc2Cl)cs1. The Morgan fingerprint density at radius 1 is 1.14 bits per heavy atom. The van der Waals surface area contributed by atoms with Gasteiger partial charge in [-0.25, -0.2) is 4.98 Å². The quantitative estimate of drug-likeness (QED) is 0.143. The van der Waals surface area contributed by atoms with E-state index in [4.69, 9.17) is 39.5 Å². The van der Waals surface area contributed by atoms with Gasteiger partial charge in [0.15, 0.2) is 10.3 Å². The summed E-state index contributed by atoms with van der Waals surface area (Å²) in [6.45, 7) is 5.27. The summed E-state index contributed by atoms with van der Waals surface area (Å²) in [6.07, 6.45) is 1.50. The van der Waals surface area contributed by atoms with E-state index >= 15 is 0 Å². The van der Waals surface area contributed by atoms with Crippen LogP contribution in [0.4, 0.5) is 5.13 Å². The number of benzene rings is 2. The summed E-state index contributed by atoms with van der Waals surface area (Å²) >= 11 is 20.9. The molecule has 0 saturated carbocycles. The standard InChI is InChI=1S/C25H24Cl3N5O2S2/c1-3-33-22(5-4-10-35-21-9-7-16(26)11-15(21)2)31-32-25(33)37-14-23(34)30-24-29-20(13-36-24)18-8-6-17(27)12-19(18)28/h6-9,11-13H,3-5,10,14H2,1-2H3,(H,29,30,34). The lowest BCUT2D eigenvalue weighted by Crippen LogP contribution is -2.14. The van der Waals surface area contributed by atoms with E-state index in [1.54, 1.807) is 18.2 Å². The van der Waals surface area contributed by atoms with Gasteiger partial charge in [0.25, 0.3) is 0 Å². The van der Waals surface area contributed by atoms with E-state index in [9.17, 15) is 4.79 Å². The van der Waals surface area contributed by atoms with Crippen molar-refractivity contribution in [3.63, 3.8) is 0 Å². The monoisotopic (exact) mass is 595 g/mol. The molecule has 0 atom stereocenters. The summed E-state index contributed by atoms with van der Waals surface area (Å²) < 4.78 is 7.90. The molecule has 12 heteroatoms. The van der Waals surface area contributed by atoms with Gasteiger partial charge in [-0.15, -0.1) is 21.5 Å². The minimum Gasteiger partial charge on any atom is -0.493 e. The minimum atomic E-state index is -0.174. The number of aryl methyl sites for hydroxylation is 2. The molecule has 0 unspecified atom stereocenters. The molecule has 37 heavy (non-hydrogen) atoms. The lowest BCUT2D eigenvalue weighted by Gasteiger charge is -2.10. The van der Waals surface area contributed by atoms with E-state index < -0.39 is 0 Å². The summed E-state index contributed by atoms with van der Waals surface area (Å²) in [5.41, 5.74) is 2.44. The highest BCUT2D eigenvalue weighted by atomic mass is 35.5. The number of carbonyl (C=O) groups excluding carboxylic acids is 1. The summed E-state index contributed by atoms with van der Waals surface area (Å²) in [5.74, 6) is 1.71. The molecule has 0 bridgehead atoms. The number of hydrogen-bond donors (Lipinski definition) is 1. The second kappa shape index (κ2) is 13.0. The number of thioether (sulfide) groups is 1. The number of anilines is 1. The largest absolute Gasteiger partial charge is 0.493 e. The van der Waals surface area contributed by atoms with Gasteiger partial charge in [-0.2, -0.15) is 0 Å². The molecule has 4 aromatic rings. The number of nitrogens with zero attached hydrogens (tertiary/aromatic N) is 4.